The number of nitrogens with one attached hydrogen (secondary N) is 1. The zero-order valence-electron chi connectivity index (χ0n) is 15.8. The molecule has 0 bridgehead atoms. The molecule has 3 aromatic rings. The Morgan fingerprint density at radius 3 is 2.40 bits per heavy atom. The van der Waals surface area contributed by atoms with Crippen LogP contribution in [-0.4, -0.2) is 20.9 Å². The lowest BCUT2D eigenvalue weighted by Gasteiger charge is -2.30. The predicted octanol–water partition coefficient (Wildman–Crippen LogP) is 4.36. The number of anilines is 2. The lowest BCUT2D eigenvalue weighted by molar-refractivity contribution is 0.102. The van der Waals surface area contributed by atoms with Gasteiger partial charge < -0.3 is 5.32 Å². The van der Waals surface area contributed by atoms with Crippen molar-refractivity contribution in [2.75, 3.05) is 16.2 Å². The molecule has 1 aliphatic heterocycles. The van der Waals surface area contributed by atoms with Gasteiger partial charge in [-0.1, -0.05) is 30.3 Å². The van der Waals surface area contributed by atoms with Crippen LogP contribution in [0.25, 0.3) is 0 Å². The lowest BCUT2D eigenvalue weighted by atomic mass is 10.0. The van der Waals surface area contributed by atoms with Gasteiger partial charge >= 0.3 is 0 Å². The molecule has 0 saturated heterocycles. The van der Waals surface area contributed by atoms with Crippen molar-refractivity contribution in [3.63, 3.8) is 0 Å². The van der Waals surface area contributed by atoms with Crippen LogP contribution in [0.1, 0.15) is 22.3 Å². The van der Waals surface area contributed by atoms with Gasteiger partial charge in [0.2, 0.25) is 0 Å². The first-order chi connectivity index (χ1) is 14.4. The first-order valence-corrected chi connectivity index (χ1v) is 10.8. The highest BCUT2D eigenvalue weighted by Gasteiger charge is 2.29. The molecule has 1 aliphatic rings. The van der Waals surface area contributed by atoms with Gasteiger partial charge in [0.25, 0.3) is 15.9 Å². The molecule has 0 radical (unpaired) electrons. The maximum atomic E-state index is 13.8. The molecule has 3 aromatic carbocycles. The van der Waals surface area contributed by atoms with Gasteiger partial charge in [-0.2, -0.15) is 0 Å². The van der Waals surface area contributed by atoms with Gasteiger partial charge in [0.1, 0.15) is 17.3 Å². The molecule has 5 nitrogen and oxygen atoms in total. The Hall–Kier alpha value is -3.26. The second kappa shape index (κ2) is 7.87. The number of halogens is 2. The molecule has 8 heteroatoms. The molecule has 0 spiro atoms. The normalized spacial score (nSPS) is 13.6. The van der Waals surface area contributed by atoms with Crippen molar-refractivity contribution in [2.24, 2.45) is 0 Å². The number of fused-ring (bicyclic) bond motifs is 1. The average molecular weight is 428 g/mol. The maximum absolute atomic E-state index is 13.8. The molecule has 0 saturated carbocycles. The Morgan fingerprint density at radius 1 is 0.933 bits per heavy atom. The van der Waals surface area contributed by atoms with Gasteiger partial charge in [0.15, 0.2) is 0 Å². The minimum absolute atomic E-state index is 0.0241. The van der Waals surface area contributed by atoms with E-state index < -0.39 is 33.3 Å². The second-order valence-corrected chi connectivity index (χ2v) is 8.75. The van der Waals surface area contributed by atoms with Crippen molar-refractivity contribution < 1.29 is 22.0 Å². The largest absolute Gasteiger partial charge is 0.317 e. The van der Waals surface area contributed by atoms with Crippen molar-refractivity contribution in [1.29, 1.82) is 0 Å². The topological polar surface area (TPSA) is 66.5 Å². The van der Waals surface area contributed by atoms with Crippen LogP contribution in [0.5, 0.6) is 0 Å². The minimum Gasteiger partial charge on any atom is -0.317 e. The van der Waals surface area contributed by atoms with E-state index in [2.05, 4.69) is 5.32 Å². The van der Waals surface area contributed by atoms with Crippen LogP contribution in [0.4, 0.5) is 20.2 Å². The van der Waals surface area contributed by atoms with Crippen molar-refractivity contribution >= 4 is 27.3 Å². The molecule has 1 N–H and O–H groups in total. The first-order valence-electron chi connectivity index (χ1n) is 9.34. The summed E-state index contributed by atoms with van der Waals surface area (Å²) in [5.41, 5.74) is 0.952. The zero-order chi connectivity index (χ0) is 21.3. The molecule has 4 rings (SSSR count). The van der Waals surface area contributed by atoms with E-state index in [0.29, 0.717) is 18.7 Å². The third kappa shape index (κ3) is 3.66. The summed E-state index contributed by atoms with van der Waals surface area (Å²) in [5.74, 6) is -2.65. The lowest BCUT2D eigenvalue weighted by Crippen LogP contribution is -2.35. The summed E-state index contributed by atoms with van der Waals surface area (Å²) in [5, 5.41) is 2.17. The number of hydrogen-bond acceptors (Lipinski definition) is 3. The number of sulfonamides is 1. The second-order valence-electron chi connectivity index (χ2n) is 6.89. The molecule has 0 atom stereocenters. The smallest absolute Gasteiger partial charge is 0.264 e. The maximum Gasteiger partial charge on any atom is 0.264 e. The molecule has 1 amide bonds. The van der Waals surface area contributed by atoms with E-state index in [1.807, 2.05) is 12.1 Å². The fourth-order valence-corrected chi connectivity index (χ4v) is 5.06. The first kappa shape index (κ1) is 20.0. The molecule has 0 aliphatic carbocycles. The molecule has 0 aromatic heterocycles. The number of aryl methyl sites for hydroxylation is 1. The summed E-state index contributed by atoms with van der Waals surface area (Å²) >= 11 is 0. The van der Waals surface area contributed by atoms with E-state index >= 15 is 0 Å². The Morgan fingerprint density at radius 2 is 1.63 bits per heavy atom. The van der Waals surface area contributed by atoms with E-state index in [1.54, 1.807) is 12.1 Å². The van der Waals surface area contributed by atoms with Crippen molar-refractivity contribution in [2.45, 2.75) is 17.7 Å². The number of hydrogen-bond donors (Lipinski definition) is 1. The number of carbonyl (C=O) groups excluding carboxylic acids is 1. The zero-order valence-corrected chi connectivity index (χ0v) is 16.6. The van der Waals surface area contributed by atoms with E-state index in [0.717, 1.165) is 24.1 Å². The third-order valence-electron chi connectivity index (χ3n) is 4.95. The van der Waals surface area contributed by atoms with Crippen LogP contribution >= 0.6 is 0 Å². The van der Waals surface area contributed by atoms with Crippen molar-refractivity contribution in [3.05, 3.63) is 89.5 Å². The number of para-hydroxylation sites is 2. The quantitative estimate of drug-likeness (QED) is 0.672. The van der Waals surface area contributed by atoms with Crippen LogP contribution in [-0.2, 0) is 16.4 Å². The summed E-state index contributed by atoms with van der Waals surface area (Å²) in [4.78, 5) is 12.5. The Balaban J connectivity index is 1.66. The van der Waals surface area contributed by atoms with E-state index in [1.165, 1.54) is 34.6 Å². The van der Waals surface area contributed by atoms with Crippen molar-refractivity contribution in [1.82, 2.24) is 0 Å². The highest BCUT2D eigenvalue weighted by atomic mass is 32.2. The summed E-state index contributed by atoms with van der Waals surface area (Å²) in [6, 6.07) is 15.9. The third-order valence-corrected chi connectivity index (χ3v) is 6.76. The molecular formula is C22H18F2N2O3S. The van der Waals surface area contributed by atoms with Gasteiger partial charge in [-0.25, -0.2) is 17.2 Å². The standard InChI is InChI=1S/C22H18F2N2O3S/c23-18-10-4-11-19(24)21(18)25-22(27)16-7-3-9-17(14-16)30(28,29)26-13-5-8-15-6-1-2-12-20(15)26/h1-4,6-7,9-12,14H,5,8,13H2,(H,25,27). The highest BCUT2D eigenvalue weighted by Crippen LogP contribution is 2.32. The summed E-state index contributed by atoms with van der Waals surface area (Å²) in [6.07, 6.45) is 1.47. The summed E-state index contributed by atoms with van der Waals surface area (Å²) < 4.78 is 55.5. The van der Waals surface area contributed by atoms with Crippen LogP contribution < -0.4 is 9.62 Å². The van der Waals surface area contributed by atoms with Gasteiger partial charge in [-0.15, -0.1) is 0 Å². The molecular weight excluding hydrogens is 410 g/mol. The van der Waals surface area contributed by atoms with Gasteiger partial charge in [-0.05, 0) is 54.8 Å². The average Bonchev–Trinajstić information content (AvgIpc) is 2.76. The molecule has 0 fully saturated rings. The van der Waals surface area contributed by atoms with Gasteiger partial charge in [0, 0.05) is 12.1 Å². The van der Waals surface area contributed by atoms with Crippen molar-refractivity contribution in [3.8, 4) is 0 Å². The Labute approximate surface area is 173 Å². The van der Waals surface area contributed by atoms with Crippen LogP contribution in [0.3, 0.4) is 0 Å². The molecule has 154 valence electrons. The van der Waals surface area contributed by atoms with E-state index in [-0.39, 0.29) is 10.5 Å². The molecule has 30 heavy (non-hydrogen) atoms. The Bertz CT molecular complexity index is 1210. The highest BCUT2D eigenvalue weighted by molar-refractivity contribution is 7.92. The number of carbonyl (C=O) groups is 1. The van der Waals surface area contributed by atoms with Crippen LogP contribution in [0.15, 0.2) is 71.6 Å². The number of nitrogens with zero attached hydrogens (tertiary/aromatic N) is 1. The van der Waals surface area contributed by atoms with Gasteiger partial charge in [-0.3, -0.25) is 9.10 Å². The fraction of sp³-hybridized carbons (Fsp3) is 0.136. The number of amides is 1. The molecule has 1 heterocycles. The summed E-state index contributed by atoms with van der Waals surface area (Å²) in [6.45, 7) is 0.330. The fourth-order valence-electron chi connectivity index (χ4n) is 3.48. The SMILES string of the molecule is O=C(Nc1c(F)cccc1F)c1cccc(S(=O)(=O)N2CCCc3ccccc32)c1. The number of rotatable bonds is 4. The van der Waals surface area contributed by atoms with E-state index in [9.17, 15) is 22.0 Å². The minimum atomic E-state index is -3.92. The predicted molar refractivity (Wildman–Crippen MR) is 110 cm³/mol. The number of benzene rings is 3. The Kier molecular flexibility index (Phi) is 5.26. The molecule has 0 unspecified atom stereocenters. The van der Waals surface area contributed by atoms with Gasteiger partial charge in [0.05, 0.1) is 10.6 Å². The van der Waals surface area contributed by atoms with E-state index in [4.69, 9.17) is 0 Å². The summed E-state index contributed by atoms with van der Waals surface area (Å²) in [7, 11) is -3.92. The monoisotopic (exact) mass is 428 g/mol. The van der Waals surface area contributed by atoms with Crippen LogP contribution in [0, 0.1) is 11.6 Å². The van der Waals surface area contributed by atoms with Crippen LogP contribution in [0.2, 0.25) is 0 Å².